The van der Waals surface area contributed by atoms with E-state index in [-0.39, 0.29) is 16.2 Å². The molecule has 1 unspecified atom stereocenters. The van der Waals surface area contributed by atoms with Crippen LogP contribution in [0.5, 0.6) is 11.6 Å². The molecule has 6 nitrogen and oxygen atoms in total. The van der Waals surface area contributed by atoms with Gasteiger partial charge in [0.1, 0.15) is 5.75 Å². The molecule has 4 rings (SSSR count). The maximum absolute atomic E-state index is 12.7. The third-order valence-electron chi connectivity index (χ3n) is 4.84. The minimum absolute atomic E-state index is 0.106. The lowest BCUT2D eigenvalue weighted by atomic mass is 9.90. The Kier molecular flexibility index (Phi) is 4.55. The van der Waals surface area contributed by atoms with Crippen LogP contribution in [0.3, 0.4) is 0 Å². The highest BCUT2D eigenvalue weighted by Crippen LogP contribution is 2.34. The summed E-state index contributed by atoms with van der Waals surface area (Å²) in [5.41, 5.74) is 2.53. The van der Waals surface area contributed by atoms with Gasteiger partial charge in [-0.05, 0) is 41.9 Å². The minimum atomic E-state index is -0.421. The molecule has 138 valence electrons. The van der Waals surface area contributed by atoms with Crippen LogP contribution in [0.2, 0.25) is 0 Å². The van der Waals surface area contributed by atoms with Crippen molar-refractivity contribution in [3.05, 3.63) is 80.3 Å². The van der Waals surface area contributed by atoms with Gasteiger partial charge in [0, 0.05) is 6.54 Å². The molecule has 3 N–H and O–H groups in total. The Labute approximate surface area is 161 Å². The molecule has 0 spiro atoms. The van der Waals surface area contributed by atoms with Crippen LogP contribution in [0.25, 0.3) is 5.69 Å². The average molecular weight is 381 g/mol. The Balaban J connectivity index is 1.97. The van der Waals surface area contributed by atoms with Crippen LogP contribution in [0, 0.1) is 4.77 Å². The molecule has 1 aromatic heterocycles. The highest BCUT2D eigenvalue weighted by molar-refractivity contribution is 7.71. The molecule has 0 aliphatic carbocycles. The van der Waals surface area contributed by atoms with Gasteiger partial charge in [-0.1, -0.05) is 36.4 Å². The quantitative estimate of drug-likeness (QED) is 0.608. The standard InChI is InChI=1S/C20H19N3O3S/c1-26-15-9-5-4-8-14(15)23-19(25)16(18(24)22-20(23)27)17-13-7-3-2-6-12(13)10-11-21-17/h2-9,17,21,25H,10-11H2,1H3,(H,22,24,27). The number of ether oxygens (including phenoxy) is 1. The maximum Gasteiger partial charge on any atom is 0.260 e. The zero-order chi connectivity index (χ0) is 19.0. The predicted molar refractivity (Wildman–Crippen MR) is 105 cm³/mol. The molecule has 0 saturated carbocycles. The number of benzene rings is 2. The van der Waals surface area contributed by atoms with E-state index in [0.29, 0.717) is 18.0 Å². The highest BCUT2D eigenvalue weighted by Gasteiger charge is 2.28. The lowest BCUT2D eigenvalue weighted by Crippen LogP contribution is -2.35. The fourth-order valence-electron chi connectivity index (χ4n) is 3.60. The van der Waals surface area contributed by atoms with Gasteiger partial charge in [0.05, 0.1) is 24.4 Å². The number of hydrogen-bond donors (Lipinski definition) is 3. The van der Waals surface area contributed by atoms with Crippen LogP contribution < -0.4 is 15.6 Å². The van der Waals surface area contributed by atoms with Gasteiger partial charge in [-0.2, -0.15) is 0 Å². The minimum Gasteiger partial charge on any atom is -0.495 e. The molecule has 1 atom stereocenters. The predicted octanol–water partition coefficient (Wildman–Crippen LogP) is 2.84. The Morgan fingerprint density at radius 3 is 2.74 bits per heavy atom. The Morgan fingerprint density at radius 2 is 1.93 bits per heavy atom. The third-order valence-corrected chi connectivity index (χ3v) is 5.13. The van der Waals surface area contributed by atoms with Gasteiger partial charge in [-0.3, -0.25) is 14.3 Å². The van der Waals surface area contributed by atoms with Gasteiger partial charge in [-0.25, -0.2) is 0 Å². The number of fused-ring (bicyclic) bond motifs is 1. The molecule has 1 aliphatic heterocycles. The Hall–Kier alpha value is -2.90. The SMILES string of the molecule is COc1ccccc1-n1c(O)c(C2NCCc3ccccc32)c(=O)[nH]c1=S. The molecule has 27 heavy (non-hydrogen) atoms. The number of rotatable bonds is 3. The summed E-state index contributed by atoms with van der Waals surface area (Å²) in [5, 5.41) is 14.4. The zero-order valence-corrected chi connectivity index (χ0v) is 15.5. The molecule has 0 saturated heterocycles. The van der Waals surface area contributed by atoms with Gasteiger partial charge < -0.3 is 15.2 Å². The summed E-state index contributed by atoms with van der Waals surface area (Å²) in [4.78, 5) is 15.4. The summed E-state index contributed by atoms with van der Waals surface area (Å²) in [6.07, 6.45) is 0.872. The lowest BCUT2D eigenvalue weighted by molar-refractivity contribution is 0.396. The molecule has 0 bridgehead atoms. The van der Waals surface area contributed by atoms with Crippen molar-refractivity contribution in [2.75, 3.05) is 13.7 Å². The van der Waals surface area contributed by atoms with Crippen molar-refractivity contribution >= 4 is 12.2 Å². The monoisotopic (exact) mass is 381 g/mol. The largest absolute Gasteiger partial charge is 0.495 e. The van der Waals surface area contributed by atoms with E-state index in [1.165, 1.54) is 4.57 Å². The van der Waals surface area contributed by atoms with Crippen molar-refractivity contribution in [2.45, 2.75) is 12.5 Å². The number of aromatic hydroxyl groups is 1. The Bertz CT molecular complexity index is 1120. The number of methoxy groups -OCH3 is 1. The number of aromatic nitrogens is 2. The number of nitrogens with one attached hydrogen (secondary N) is 2. The normalized spacial score (nSPS) is 16.0. The molecule has 1 aliphatic rings. The molecule has 0 amide bonds. The molecule has 2 heterocycles. The molecular formula is C20H19N3O3S. The van der Waals surface area contributed by atoms with Crippen LogP contribution in [-0.2, 0) is 6.42 Å². The zero-order valence-electron chi connectivity index (χ0n) is 14.7. The van der Waals surface area contributed by atoms with Crippen molar-refractivity contribution in [3.8, 4) is 17.3 Å². The summed E-state index contributed by atoms with van der Waals surface area (Å²) in [6, 6.07) is 14.7. The van der Waals surface area contributed by atoms with E-state index in [0.717, 1.165) is 17.5 Å². The molecular weight excluding hydrogens is 362 g/mol. The van der Waals surface area contributed by atoms with E-state index in [2.05, 4.69) is 10.3 Å². The van der Waals surface area contributed by atoms with E-state index >= 15 is 0 Å². The first-order valence-corrected chi connectivity index (χ1v) is 9.05. The summed E-state index contributed by atoms with van der Waals surface area (Å²) in [5.74, 6) is 0.348. The van der Waals surface area contributed by atoms with Gasteiger partial charge in [0.25, 0.3) is 5.56 Å². The summed E-state index contributed by atoms with van der Waals surface area (Å²) >= 11 is 5.33. The lowest BCUT2D eigenvalue weighted by Gasteiger charge is -2.28. The van der Waals surface area contributed by atoms with E-state index < -0.39 is 11.6 Å². The molecule has 3 aromatic rings. The highest BCUT2D eigenvalue weighted by atomic mass is 32.1. The van der Waals surface area contributed by atoms with Crippen LogP contribution in [-0.4, -0.2) is 28.3 Å². The summed E-state index contributed by atoms with van der Waals surface area (Å²) < 4.78 is 6.94. The number of hydrogen-bond acceptors (Lipinski definition) is 5. The fourth-order valence-corrected chi connectivity index (χ4v) is 3.88. The number of para-hydroxylation sites is 2. The van der Waals surface area contributed by atoms with Crippen molar-refractivity contribution < 1.29 is 9.84 Å². The number of aromatic amines is 1. The van der Waals surface area contributed by atoms with Crippen LogP contribution in [0.1, 0.15) is 22.7 Å². The maximum atomic E-state index is 12.7. The van der Waals surface area contributed by atoms with Crippen molar-refractivity contribution in [1.82, 2.24) is 14.9 Å². The molecule has 0 radical (unpaired) electrons. The number of H-pyrrole nitrogens is 1. The fraction of sp³-hybridized carbons (Fsp3) is 0.200. The van der Waals surface area contributed by atoms with Gasteiger partial charge in [0.15, 0.2) is 4.77 Å². The second kappa shape index (κ2) is 7.02. The Morgan fingerprint density at radius 1 is 1.19 bits per heavy atom. The second-order valence-corrected chi connectivity index (χ2v) is 6.73. The van der Waals surface area contributed by atoms with Crippen molar-refractivity contribution in [2.24, 2.45) is 0 Å². The average Bonchev–Trinajstić information content (AvgIpc) is 2.68. The van der Waals surface area contributed by atoms with Gasteiger partial charge >= 0.3 is 0 Å². The van der Waals surface area contributed by atoms with Gasteiger partial charge in [-0.15, -0.1) is 0 Å². The smallest absolute Gasteiger partial charge is 0.260 e. The van der Waals surface area contributed by atoms with Crippen LogP contribution in [0.15, 0.2) is 53.3 Å². The first kappa shape index (κ1) is 17.5. The second-order valence-electron chi connectivity index (χ2n) is 6.34. The molecule has 7 heteroatoms. The van der Waals surface area contributed by atoms with Crippen molar-refractivity contribution in [3.63, 3.8) is 0 Å². The van der Waals surface area contributed by atoms with E-state index in [9.17, 15) is 9.90 Å². The summed E-state index contributed by atoms with van der Waals surface area (Å²) in [7, 11) is 1.55. The molecule has 0 fully saturated rings. The first-order valence-electron chi connectivity index (χ1n) is 8.64. The topological polar surface area (TPSA) is 79.3 Å². The van der Waals surface area contributed by atoms with Gasteiger partial charge in [0.2, 0.25) is 5.88 Å². The third kappa shape index (κ3) is 2.94. The van der Waals surface area contributed by atoms with E-state index in [4.69, 9.17) is 17.0 Å². The summed E-state index contributed by atoms with van der Waals surface area (Å²) in [6.45, 7) is 0.713. The van der Waals surface area contributed by atoms with E-state index in [1.807, 2.05) is 36.4 Å². The van der Waals surface area contributed by atoms with Crippen molar-refractivity contribution in [1.29, 1.82) is 0 Å². The van der Waals surface area contributed by atoms with Crippen LogP contribution in [0.4, 0.5) is 0 Å². The van der Waals surface area contributed by atoms with E-state index in [1.54, 1.807) is 19.2 Å². The number of nitrogens with zero attached hydrogens (tertiary/aromatic N) is 1. The first-order chi connectivity index (χ1) is 13.1. The van der Waals surface area contributed by atoms with Crippen LogP contribution >= 0.6 is 12.2 Å². The molecule has 2 aromatic carbocycles.